The van der Waals surface area contributed by atoms with E-state index in [2.05, 4.69) is 0 Å². The molecule has 0 saturated carbocycles. The van der Waals surface area contributed by atoms with Crippen LogP contribution in [-0.4, -0.2) is 50.8 Å². The predicted octanol–water partition coefficient (Wildman–Crippen LogP) is -0.370. The molecule has 0 amide bonds. The van der Waals surface area contributed by atoms with Crippen LogP contribution in [0.1, 0.15) is 13.8 Å². The van der Waals surface area contributed by atoms with Gasteiger partial charge in [0.1, 0.15) is 0 Å². The summed E-state index contributed by atoms with van der Waals surface area (Å²) < 4.78 is 30.4. The van der Waals surface area contributed by atoms with Crippen molar-refractivity contribution in [2.24, 2.45) is 11.7 Å². The Labute approximate surface area is 91.6 Å². The topological polar surface area (TPSA) is 72.6 Å². The van der Waals surface area contributed by atoms with Crippen LogP contribution in [0.3, 0.4) is 0 Å². The largest absolute Gasteiger partial charge is 0.383 e. The van der Waals surface area contributed by atoms with Crippen LogP contribution in [0.2, 0.25) is 0 Å². The molecule has 0 aromatic heterocycles. The second-order valence-electron chi connectivity index (χ2n) is 4.27. The molecule has 0 bridgehead atoms. The lowest BCUT2D eigenvalue weighted by atomic mass is 10.1. The molecule has 5 nitrogen and oxygen atoms in total. The van der Waals surface area contributed by atoms with Gasteiger partial charge in [-0.05, 0) is 12.8 Å². The van der Waals surface area contributed by atoms with Gasteiger partial charge in [0.05, 0.1) is 11.9 Å². The molecule has 3 atom stereocenters. The van der Waals surface area contributed by atoms with Crippen molar-refractivity contribution in [3.05, 3.63) is 0 Å². The molecule has 0 aliphatic carbocycles. The fourth-order valence-electron chi connectivity index (χ4n) is 1.73. The number of methoxy groups -OCH3 is 1. The Morgan fingerprint density at radius 3 is 2.53 bits per heavy atom. The van der Waals surface area contributed by atoms with E-state index in [1.165, 1.54) is 11.4 Å². The summed E-state index contributed by atoms with van der Waals surface area (Å²) >= 11 is 0. The molecule has 0 spiro atoms. The van der Waals surface area contributed by atoms with Gasteiger partial charge in [-0.15, -0.1) is 0 Å². The number of nitrogens with zero attached hydrogens (tertiary/aromatic N) is 1. The average molecular weight is 236 g/mol. The van der Waals surface area contributed by atoms with E-state index in [4.69, 9.17) is 10.5 Å². The molecule has 0 radical (unpaired) electrons. The SMILES string of the molecule is COCC(C)S(=O)(=O)N1CC(C)C(N)C1. The van der Waals surface area contributed by atoms with Crippen LogP contribution in [0.4, 0.5) is 0 Å². The number of sulfonamides is 1. The summed E-state index contributed by atoms with van der Waals surface area (Å²) in [5.41, 5.74) is 5.80. The predicted molar refractivity (Wildman–Crippen MR) is 59.0 cm³/mol. The molecule has 1 saturated heterocycles. The zero-order chi connectivity index (χ0) is 11.6. The molecule has 1 heterocycles. The third-order valence-corrected chi connectivity index (χ3v) is 5.08. The molecule has 15 heavy (non-hydrogen) atoms. The Bertz CT molecular complexity index is 294. The van der Waals surface area contributed by atoms with E-state index < -0.39 is 15.3 Å². The zero-order valence-electron chi connectivity index (χ0n) is 9.51. The minimum atomic E-state index is -3.24. The molecule has 1 fully saturated rings. The van der Waals surface area contributed by atoms with Crippen molar-refractivity contribution in [3.63, 3.8) is 0 Å². The molecule has 6 heteroatoms. The van der Waals surface area contributed by atoms with Gasteiger partial charge in [0.2, 0.25) is 10.0 Å². The summed E-state index contributed by atoms with van der Waals surface area (Å²) in [6, 6.07) is -0.0467. The lowest BCUT2D eigenvalue weighted by Crippen LogP contribution is -2.39. The van der Waals surface area contributed by atoms with Crippen LogP contribution in [0, 0.1) is 5.92 Å². The maximum atomic E-state index is 12.0. The fourth-order valence-corrected chi connectivity index (χ4v) is 3.37. The van der Waals surface area contributed by atoms with Crippen molar-refractivity contribution >= 4 is 10.0 Å². The summed E-state index contributed by atoms with van der Waals surface area (Å²) in [5.74, 6) is 0.231. The smallest absolute Gasteiger partial charge is 0.219 e. The first-order valence-electron chi connectivity index (χ1n) is 5.13. The number of hydrogen-bond donors (Lipinski definition) is 1. The van der Waals surface area contributed by atoms with Gasteiger partial charge >= 0.3 is 0 Å². The van der Waals surface area contributed by atoms with E-state index in [0.717, 1.165) is 0 Å². The highest BCUT2D eigenvalue weighted by Gasteiger charge is 2.37. The van der Waals surface area contributed by atoms with E-state index in [1.54, 1.807) is 6.92 Å². The molecule has 0 aromatic carbocycles. The van der Waals surface area contributed by atoms with Gasteiger partial charge in [-0.1, -0.05) is 6.92 Å². The monoisotopic (exact) mass is 236 g/mol. The molecule has 90 valence electrons. The van der Waals surface area contributed by atoms with E-state index in [9.17, 15) is 8.42 Å². The number of nitrogens with two attached hydrogens (primary N) is 1. The van der Waals surface area contributed by atoms with Gasteiger partial charge in [0, 0.05) is 26.2 Å². The summed E-state index contributed by atoms with van der Waals surface area (Å²) in [6.45, 7) is 4.81. The molecule has 1 rings (SSSR count). The van der Waals surface area contributed by atoms with Gasteiger partial charge in [-0.25, -0.2) is 8.42 Å². The average Bonchev–Trinajstić information content (AvgIpc) is 2.48. The quantitative estimate of drug-likeness (QED) is 0.723. The summed E-state index contributed by atoms with van der Waals surface area (Å²) in [5, 5.41) is -0.500. The van der Waals surface area contributed by atoms with Crippen LogP contribution < -0.4 is 5.73 Å². The highest BCUT2D eigenvalue weighted by Crippen LogP contribution is 2.20. The highest BCUT2D eigenvalue weighted by molar-refractivity contribution is 7.89. The normalized spacial score (nSPS) is 30.7. The fraction of sp³-hybridized carbons (Fsp3) is 1.00. The van der Waals surface area contributed by atoms with Crippen LogP contribution in [0.25, 0.3) is 0 Å². The van der Waals surface area contributed by atoms with Crippen LogP contribution >= 0.6 is 0 Å². The Balaban J connectivity index is 2.71. The van der Waals surface area contributed by atoms with Crippen molar-refractivity contribution < 1.29 is 13.2 Å². The lowest BCUT2D eigenvalue weighted by Gasteiger charge is -2.20. The second-order valence-corrected chi connectivity index (χ2v) is 6.62. The Morgan fingerprint density at radius 2 is 2.13 bits per heavy atom. The number of rotatable bonds is 4. The van der Waals surface area contributed by atoms with Gasteiger partial charge in [0.25, 0.3) is 0 Å². The zero-order valence-corrected chi connectivity index (χ0v) is 10.3. The first kappa shape index (κ1) is 12.9. The second kappa shape index (κ2) is 4.78. The number of hydrogen-bond acceptors (Lipinski definition) is 4. The van der Waals surface area contributed by atoms with E-state index >= 15 is 0 Å². The van der Waals surface area contributed by atoms with Crippen LogP contribution in [0.5, 0.6) is 0 Å². The molecule has 2 N–H and O–H groups in total. The molecule has 3 unspecified atom stereocenters. The van der Waals surface area contributed by atoms with E-state index in [0.29, 0.717) is 13.1 Å². The highest BCUT2D eigenvalue weighted by atomic mass is 32.2. The van der Waals surface area contributed by atoms with Gasteiger partial charge in [-0.3, -0.25) is 0 Å². The third kappa shape index (κ3) is 2.69. The minimum absolute atomic E-state index is 0.0467. The Morgan fingerprint density at radius 1 is 1.53 bits per heavy atom. The Hall–Kier alpha value is -0.170. The van der Waals surface area contributed by atoms with Gasteiger partial charge < -0.3 is 10.5 Å². The van der Waals surface area contributed by atoms with Crippen molar-refractivity contribution in [2.45, 2.75) is 25.1 Å². The Kier molecular flexibility index (Phi) is 4.11. The third-order valence-electron chi connectivity index (χ3n) is 2.91. The maximum absolute atomic E-state index is 12.0. The van der Waals surface area contributed by atoms with Crippen LogP contribution in [-0.2, 0) is 14.8 Å². The minimum Gasteiger partial charge on any atom is -0.383 e. The maximum Gasteiger partial charge on any atom is 0.219 e. The van der Waals surface area contributed by atoms with Gasteiger partial charge in [0.15, 0.2) is 0 Å². The molecule has 1 aliphatic rings. The van der Waals surface area contributed by atoms with Crippen molar-refractivity contribution in [1.82, 2.24) is 4.31 Å². The summed E-state index contributed by atoms with van der Waals surface area (Å²) in [7, 11) is -1.73. The van der Waals surface area contributed by atoms with Gasteiger partial charge in [-0.2, -0.15) is 4.31 Å². The molecular weight excluding hydrogens is 216 g/mol. The van der Waals surface area contributed by atoms with Crippen LogP contribution in [0.15, 0.2) is 0 Å². The molecular formula is C9H20N2O3S. The lowest BCUT2D eigenvalue weighted by molar-refractivity contribution is 0.198. The number of ether oxygens (including phenoxy) is 1. The van der Waals surface area contributed by atoms with Crippen molar-refractivity contribution in [3.8, 4) is 0 Å². The van der Waals surface area contributed by atoms with E-state index in [-0.39, 0.29) is 18.6 Å². The van der Waals surface area contributed by atoms with E-state index in [1.807, 2.05) is 6.92 Å². The first-order chi connectivity index (χ1) is 6.89. The summed E-state index contributed by atoms with van der Waals surface area (Å²) in [4.78, 5) is 0. The standard InChI is InChI=1S/C9H20N2O3S/c1-7-4-11(5-9(7)10)15(12,13)8(2)6-14-3/h7-9H,4-6,10H2,1-3H3. The summed E-state index contributed by atoms with van der Waals surface area (Å²) in [6.07, 6.45) is 0. The van der Waals surface area contributed by atoms with Crippen molar-refractivity contribution in [1.29, 1.82) is 0 Å². The molecule has 1 aliphatic heterocycles. The first-order valence-corrected chi connectivity index (χ1v) is 6.63. The van der Waals surface area contributed by atoms with Crippen molar-refractivity contribution in [2.75, 3.05) is 26.8 Å². The molecule has 0 aromatic rings.